The Kier molecular flexibility index (Phi) is 6.24. The number of rotatable bonds is 4. The molecular formula is C26H18F2N4O2. The van der Waals surface area contributed by atoms with Gasteiger partial charge in [0, 0.05) is 54.5 Å². The lowest BCUT2D eigenvalue weighted by Gasteiger charge is -2.16. The van der Waals surface area contributed by atoms with E-state index in [0.717, 1.165) is 18.2 Å². The molecule has 34 heavy (non-hydrogen) atoms. The molecule has 1 atom stereocenters. The normalized spacial score (nSPS) is 11.3. The molecular weight excluding hydrogens is 438 g/mol. The van der Waals surface area contributed by atoms with Gasteiger partial charge in [0.1, 0.15) is 17.3 Å². The summed E-state index contributed by atoms with van der Waals surface area (Å²) in [6.07, 6.45) is 4.62. The van der Waals surface area contributed by atoms with E-state index >= 15 is 0 Å². The fourth-order valence-corrected chi connectivity index (χ4v) is 3.70. The van der Waals surface area contributed by atoms with Crippen LogP contribution in [0.25, 0.3) is 11.0 Å². The van der Waals surface area contributed by atoms with Crippen molar-refractivity contribution in [3.05, 3.63) is 99.2 Å². The van der Waals surface area contributed by atoms with E-state index in [9.17, 15) is 18.4 Å². The number of aromatic nitrogens is 3. The molecule has 4 rings (SSSR count). The van der Waals surface area contributed by atoms with Gasteiger partial charge in [0.25, 0.3) is 11.5 Å². The van der Waals surface area contributed by atoms with Gasteiger partial charge in [-0.25, -0.2) is 13.8 Å². The highest BCUT2D eigenvalue weighted by molar-refractivity contribution is 6.07. The Balaban J connectivity index is 1.69. The van der Waals surface area contributed by atoms with Crippen LogP contribution in [0.5, 0.6) is 0 Å². The van der Waals surface area contributed by atoms with Crippen LogP contribution in [-0.2, 0) is 7.05 Å². The molecule has 0 aliphatic rings. The smallest absolute Gasteiger partial charge is 0.254 e. The molecule has 6 nitrogen and oxygen atoms in total. The van der Waals surface area contributed by atoms with Crippen molar-refractivity contribution in [1.82, 2.24) is 14.5 Å². The van der Waals surface area contributed by atoms with Crippen molar-refractivity contribution in [2.45, 2.75) is 12.3 Å². The average molecular weight is 456 g/mol. The highest BCUT2D eigenvalue weighted by Crippen LogP contribution is 2.28. The Hall–Kier alpha value is -4.69. The second kappa shape index (κ2) is 9.43. The Morgan fingerprint density at radius 1 is 1.21 bits per heavy atom. The van der Waals surface area contributed by atoms with Crippen LogP contribution < -0.4 is 11.3 Å². The van der Waals surface area contributed by atoms with Gasteiger partial charge in [0.15, 0.2) is 0 Å². The molecule has 0 fully saturated rings. The molecule has 1 amide bonds. The van der Waals surface area contributed by atoms with Crippen molar-refractivity contribution < 1.29 is 13.6 Å². The lowest BCUT2D eigenvalue weighted by molar-refractivity contribution is 0.100. The van der Waals surface area contributed by atoms with Crippen LogP contribution in [0.15, 0.2) is 59.8 Å². The van der Waals surface area contributed by atoms with E-state index in [-0.39, 0.29) is 23.1 Å². The lowest BCUT2D eigenvalue weighted by Crippen LogP contribution is -2.23. The van der Waals surface area contributed by atoms with Crippen LogP contribution in [0.1, 0.15) is 39.4 Å². The molecule has 8 heteroatoms. The Bertz CT molecular complexity index is 1600. The maximum atomic E-state index is 14.6. The number of fused-ring (bicyclic) bond motifs is 1. The highest BCUT2D eigenvalue weighted by atomic mass is 19.1. The third kappa shape index (κ3) is 4.43. The molecule has 3 heterocycles. The fourth-order valence-electron chi connectivity index (χ4n) is 3.70. The predicted molar refractivity (Wildman–Crippen MR) is 124 cm³/mol. The van der Waals surface area contributed by atoms with Gasteiger partial charge in [0.05, 0.1) is 5.56 Å². The van der Waals surface area contributed by atoms with Crippen LogP contribution in [0.2, 0.25) is 0 Å². The molecule has 168 valence electrons. The van der Waals surface area contributed by atoms with E-state index in [1.165, 1.54) is 17.0 Å². The summed E-state index contributed by atoms with van der Waals surface area (Å²) in [7, 11) is 1.58. The first-order chi connectivity index (χ1) is 16.4. The van der Waals surface area contributed by atoms with Crippen LogP contribution in [0.3, 0.4) is 0 Å². The Morgan fingerprint density at radius 2 is 2.03 bits per heavy atom. The van der Waals surface area contributed by atoms with Gasteiger partial charge in [-0.1, -0.05) is 17.9 Å². The maximum Gasteiger partial charge on any atom is 0.254 e. The number of hydrogen-bond acceptors (Lipinski definition) is 3. The number of aryl methyl sites for hydroxylation is 1. The van der Waals surface area contributed by atoms with Crippen LogP contribution in [0.4, 0.5) is 8.78 Å². The molecule has 0 aliphatic carbocycles. The molecule has 0 radical (unpaired) electrons. The van der Waals surface area contributed by atoms with Gasteiger partial charge < -0.3 is 15.3 Å². The number of nitrogens with one attached hydrogen (secondary N) is 1. The standard InChI is InChI=1S/C26H18F2N4O2/c1-32-13-5-8-19(26(32)34)18(20-14-17(27)9-10-22(20)28)7-4-2-3-6-16-11-12-30-25-23(16)21(15-31-25)24(29)33/h5,8-15,18H,7H2,1H3,(H2,29,33)(H,30,31). The summed E-state index contributed by atoms with van der Waals surface area (Å²) in [4.78, 5) is 31.3. The van der Waals surface area contributed by atoms with Crippen molar-refractivity contribution in [1.29, 1.82) is 0 Å². The van der Waals surface area contributed by atoms with Crippen LogP contribution >= 0.6 is 0 Å². The first-order valence-corrected chi connectivity index (χ1v) is 10.2. The zero-order valence-corrected chi connectivity index (χ0v) is 18.0. The number of nitrogens with two attached hydrogens (primary N) is 1. The van der Waals surface area contributed by atoms with Gasteiger partial charge in [0.2, 0.25) is 0 Å². The number of aromatic amines is 1. The van der Waals surface area contributed by atoms with Crippen molar-refractivity contribution in [2.24, 2.45) is 12.8 Å². The molecule has 0 spiro atoms. The molecule has 4 aromatic rings. The number of carbonyl (C=O) groups is 1. The molecule has 1 aromatic carbocycles. The minimum absolute atomic E-state index is 0.0384. The molecule has 1 unspecified atom stereocenters. The Morgan fingerprint density at radius 3 is 2.82 bits per heavy atom. The van der Waals surface area contributed by atoms with Gasteiger partial charge in [-0.2, -0.15) is 0 Å². The van der Waals surface area contributed by atoms with E-state index < -0.39 is 23.5 Å². The van der Waals surface area contributed by atoms with E-state index in [1.807, 2.05) is 0 Å². The molecule has 3 N–H and O–H groups in total. The summed E-state index contributed by atoms with van der Waals surface area (Å²) in [6, 6.07) is 8.00. The van der Waals surface area contributed by atoms with E-state index in [0.29, 0.717) is 22.2 Å². The summed E-state index contributed by atoms with van der Waals surface area (Å²) in [5.41, 5.74) is 6.67. The third-order valence-electron chi connectivity index (χ3n) is 5.35. The Labute approximate surface area is 193 Å². The van der Waals surface area contributed by atoms with Crippen molar-refractivity contribution in [2.75, 3.05) is 0 Å². The zero-order chi connectivity index (χ0) is 24.2. The summed E-state index contributed by atoms with van der Waals surface area (Å²) >= 11 is 0. The summed E-state index contributed by atoms with van der Waals surface area (Å²) in [5, 5.41) is 0.497. The number of nitrogens with zero attached hydrogens (tertiary/aromatic N) is 2. The number of amides is 1. The van der Waals surface area contributed by atoms with Crippen molar-refractivity contribution in [3.8, 4) is 23.7 Å². The van der Waals surface area contributed by atoms with E-state index in [1.54, 1.807) is 31.4 Å². The second-order valence-electron chi connectivity index (χ2n) is 7.50. The molecule has 0 aliphatic heterocycles. The highest BCUT2D eigenvalue weighted by Gasteiger charge is 2.21. The predicted octanol–water partition coefficient (Wildman–Crippen LogP) is 3.22. The maximum absolute atomic E-state index is 14.6. The van der Waals surface area contributed by atoms with Gasteiger partial charge in [-0.3, -0.25) is 9.59 Å². The monoisotopic (exact) mass is 456 g/mol. The quantitative estimate of drug-likeness (QED) is 0.462. The SMILES string of the molecule is Cn1cccc(C(CC#CC#Cc2ccnc3[nH]cc(C(N)=O)c23)c2cc(F)ccc2F)c1=O. The molecule has 0 saturated carbocycles. The number of halogens is 2. The largest absolute Gasteiger partial charge is 0.366 e. The molecule has 0 saturated heterocycles. The number of pyridine rings is 2. The second-order valence-corrected chi connectivity index (χ2v) is 7.50. The summed E-state index contributed by atoms with van der Waals surface area (Å²) in [5.74, 6) is 8.48. The zero-order valence-electron chi connectivity index (χ0n) is 18.0. The number of hydrogen-bond donors (Lipinski definition) is 2. The minimum atomic E-state index is -0.788. The van der Waals surface area contributed by atoms with Crippen molar-refractivity contribution in [3.63, 3.8) is 0 Å². The van der Waals surface area contributed by atoms with Crippen LogP contribution in [0, 0.1) is 35.3 Å². The minimum Gasteiger partial charge on any atom is -0.366 e. The molecule has 3 aromatic heterocycles. The van der Waals surface area contributed by atoms with E-state index in [2.05, 4.69) is 33.6 Å². The number of primary amides is 1. The first-order valence-electron chi connectivity index (χ1n) is 10.2. The topological polar surface area (TPSA) is 93.8 Å². The summed E-state index contributed by atoms with van der Waals surface area (Å²) in [6.45, 7) is 0. The third-order valence-corrected chi connectivity index (χ3v) is 5.35. The van der Waals surface area contributed by atoms with Crippen molar-refractivity contribution >= 4 is 16.9 Å². The fraction of sp³-hybridized carbons (Fsp3) is 0.115. The first kappa shape index (κ1) is 22.5. The average Bonchev–Trinajstić information content (AvgIpc) is 3.26. The summed E-state index contributed by atoms with van der Waals surface area (Å²) < 4.78 is 29.8. The van der Waals surface area contributed by atoms with E-state index in [4.69, 9.17) is 5.73 Å². The van der Waals surface area contributed by atoms with Gasteiger partial charge >= 0.3 is 0 Å². The number of benzene rings is 1. The number of H-pyrrole nitrogens is 1. The van der Waals surface area contributed by atoms with Gasteiger partial charge in [-0.05, 0) is 47.7 Å². The van der Waals surface area contributed by atoms with Gasteiger partial charge in [-0.15, -0.1) is 0 Å². The molecule has 0 bridgehead atoms. The lowest BCUT2D eigenvalue weighted by atomic mass is 9.89. The van der Waals surface area contributed by atoms with Crippen LogP contribution in [-0.4, -0.2) is 20.4 Å². The number of carbonyl (C=O) groups excluding carboxylic acids is 1.